The number of benzene rings is 2. The van der Waals surface area contributed by atoms with E-state index < -0.39 is 25.7 Å². The molecule has 0 saturated heterocycles. The molecule has 2 aromatic carbocycles. The highest BCUT2D eigenvalue weighted by molar-refractivity contribution is 7.86. The Kier molecular flexibility index (Phi) is 11.0. The lowest BCUT2D eigenvalue weighted by molar-refractivity contribution is -0.438. The molecule has 0 radical (unpaired) electrons. The minimum atomic E-state index is -4.01. The van der Waals surface area contributed by atoms with E-state index in [1.165, 1.54) is 5.56 Å². The first-order valence-electron chi connectivity index (χ1n) is 13.2. The quantitative estimate of drug-likeness (QED) is 0.123. The highest BCUT2D eigenvalue weighted by Gasteiger charge is 2.46. The Morgan fingerprint density at radius 1 is 0.769 bits per heavy atom. The van der Waals surface area contributed by atoms with Crippen molar-refractivity contribution in [3.05, 3.63) is 102 Å². The summed E-state index contributed by atoms with van der Waals surface area (Å²) >= 11 is 0. The van der Waals surface area contributed by atoms with Crippen LogP contribution in [0.2, 0.25) is 0 Å². The van der Waals surface area contributed by atoms with E-state index in [4.69, 9.17) is 9.11 Å². The molecule has 9 heteroatoms. The molecular weight excluding hydrogens is 534 g/mol. The molecule has 1 aliphatic rings. The summed E-state index contributed by atoms with van der Waals surface area (Å²) in [5.74, 6) is -0.550. The number of hydrogen-bond donors (Lipinski definition) is 2. The van der Waals surface area contributed by atoms with Gasteiger partial charge in [0.25, 0.3) is 20.2 Å². The molecule has 1 unspecified atom stereocenters. The molecule has 2 aromatic rings. The summed E-state index contributed by atoms with van der Waals surface area (Å²) in [6, 6.07) is 18.3. The predicted molar refractivity (Wildman–Crippen MR) is 157 cm³/mol. The van der Waals surface area contributed by atoms with E-state index >= 15 is 0 Å². The molecule has 0 saturated carbocycles. The lowest BCUT2D eigenvalue weighted by Gasteiger charge is -2.22. The third kappa shape index (κ3) is 9.69. The summed E-state index contributed by atoms with van der Waals surface area (Å²) in [4.78, 5) is 0. The zero-order chi connectivity index (χ0) is 28.4. The zero-order valence-corrected chi connectivity index (χ0v) is 23.9. The van der Waals surface area contributed by atoms with Crippen molar-refractivity contribution >= 4 is 31.6 Å². The molecule has 39 heavy (non-hydrogen) atoms. The molecule has 0 fully saturated rings. The molecule has 7 nitrogen and oxygen atoms in total. The summed E-state index contributed by atoms with van der Waals surface area (Å²) in [7, 11) is -8.02. The molecule has 3 rings (SSSR count). The van der Waals surface area contributed by atoms with Crippen LogP contribution in [-0.2, 0) is 32.1 Å². The molecule has 1 heterocycles. The Balaban J connectivity index is 1.82. The van der Waals surface area contributed by atoms with Gasteiger partial charge in [0.15, 0.2) is 5.71 Å². The molecule has 2 N–H and O–H groups in total. The summed E-state index contributed by atoms with van der Waals surface area (Å²) in [6.07, 6.45) is 15.5. The monoisotopic (exact) mass is 572 g/mol. The van der Waals surface area contributed by atoms with Gasteiger partial charge in [0.2, 0.25) is 5.69 Å². The number of nitrogens with zero attached hydrogens (tertiary/aromatic N) is 1. The van der Waals surface area contributed by atoms with Crippen LogP contribution in [0.1, 0.15) is 50.2 Å². The van der Waals surface area contributed by atoms with Gasteiger partial charge < -0.3 is 0 Å². The maximum atomic E-state index is 11.2. The maximum absolute atomic E-state index is 11.2. The Labute approximate surface area is 232 Å². The molecule has 0 spiro atoms. The summed E-state index contributed by atoms with van der Waals surface area (Å²) in [6.45, 7) is 2.72. The highest BCUT2D eigenvalue weighted by Crippen LogP contribution is 2.43. The van der Waals surface area contributed by atoms with Gasteiger partial charge in [-0.05, 0) is 38.2 Å². The van der Waals surface area contributed by atoms with Gasteiger partial charge in [-0.25, -0.2) is 0 Å². The van der Waals surface area contributed by atoms with E-state index in [1.54, 1.807) is 0 Å². The lowest BCUT2D eigenvalue weighted by Crippen LogP contribution is -2.31. The summed E-state index contributed by atoms with van der Waals surface area (Å²) in [5.41, 5.74) is 4.05. The van der Waals surface area contributed by atoms with Crippen molar-refractivity contribution in [1.82, 2.24) is 0 Å². The maximum Gasteiger partial charge on any atom is 0.264 e. The van der Waals surface area contributed by atoms with Gasteiger partial charge in [0, 0.05) is 24.1 Å². The van der Waals surface area contributed by atoms with Crippen LogP contribution in [0.5, 0.6) is 0 Å². The number of hydrogen-bond acceptors (Lipinski definition) is 4. The van der Waals surface area contributed by atoms with Crippen molar-refractivity contribution in [2.75, 3.05) is 18.1 Å². The molecule has 0 aromatic heterocycles. The van der Waals surface area contributed by atoms with Crippen LogP contribution in [0.3, 0.4) is 0 Å². The van der Waals surface area contributed by atoms with Crippen LogP contribution in [0.15, 0.2) is 91.1 Å². The van der Waals surface area contributed by atoms with Gasteiger partial charge in [-0.3, -0.25) is 9.11 Å². The van der Waals surface area contributed by atoms with Gasteiger partial charge in [0.1, 0.15) is 6.54 Å². The molecule has 210 valence electrons. The Morgan fingerprint density at radius 3 is 2.08 bits per heavy atom. The van der Waals surface area contributed by atoms with Gasteiger partial charge in [-0.1, -0.05) is 85.3 Å². The van der Waals surface area contributed by atoms with Crippen LogP contribution in [0.4, 0.5) is 5.69 Å². The van der Waals surface area contributed by atoms with Gasteiger partial charge >= 0.3 is 0 Å². The van der Waals surface area contributed by atoms with Gasteiger partial charge in [-0.15, -0.1) is 0 Å². The standard InChI is InChI=1S/C30H37NO6S2/c1-30(22-12-14-24-38(32,33)34)27-19-10-11-20-28(27)31(23-13-15-25-39(35,36)37)29(30)21-9-4-2-3-6-16-26-17-7-5-8-18-26/h2-11,17-21H,12-16,22-25H2,1H3,(H-,32,33,34,35,36,37)/p+1/b4-2+,6-3+,21-9+. The van der Waals surface area contributed by atoms with E-state index in [1.807, 2.05) is 60.7 Å². The van der Waals surface area contributed by atoms with E-state index in [9.17, 15) is 16.8 Å². The number of rotatable bonds is 15. The summed E-state index contributed by atoms with van der Waals surface area (Å²) in [5, 5.41) is 0. The van der Waals surface area contributed by atoms with Crippen molar-refractivity contribution in [2.45, 2.75) is 50.9 Å². The molecular formula is C30H38NO6S2+. The summed E-state index contributed by atoms with van der Waals surface area (Å²) < 4.78 is 65.3. The molecule has 0 aliphatic carbocycles. The van der Waals surface area contributed by atoms with Crippen molar-refractivity contribution in [3.63, 3.8) is 0 Å². The fourth-order valence-electron chi connectivity index (χ4n) is 5.01. The molecule has 1 aliphatic heterocycles. The molecule has 0 amide bonds. The number of unbranched alkanes of at least 4 members (excludes halogenated alkanes) is 2. The van der Waals surface area contributed by atoms with E-state index in [2.05, 4.69) is 41.9 Å². The van der Waals surface area contributed by atoms with E-state index in [-0.39, 0.29) is 11.5 Å². The first-order valence-corrected chi connectivity index (χ1v) is 16.4. The third-order valence-corrected chi connectivity index (χ3v) is 8.54. The average molecular weight is 573 g/mol. The predicted octanol–water partition coefficient (Wildman–Crippen LogP) is 5.68. The minimum absolute atomic E-state index is 0.271. The van der Waals surface area contributed by atoms with Crippen molar-refractivity contribution < 1.29 is 30.5 Å². The van der Waals surface area contributed by atoms with Crippen molar-refractivity contribution in [3.8, 4) is 0 Å². The smallest absolute Gasteiger partial charge is 0.264 e. The highest BCUT2D eigenvalue weighted by atomic mass is 32.2. The largest absolute Gasteiger partial charge is 0.286 e. The first kappa shape index (κ1) is 30.7. The minimum Gasteiger partial charge on any atom is -0.286 e. The fraction of sp³-hybridized carbons (Fsp3) is 0.367. The van der Waals surface area contributed by atoms with E-state index in [0.29, 0.717) is 38.6 Å². The van der Waals surface area contributed by atoms with Crippen molar-refractivity contribution in [2.24, 2.45) is 0 Å². The van der Waals surface area contributed by atoms with Gasteiger partial charge in [-0.2, -0.15) is 21.4 Å². The average Bonchev–Trinajstić information content (AvgIpc) is 3.11. The Hall–Kier alpha value is -2.85. The Morgan fingerprint density at radius 2 is 1.38 bits per heavy atom. The topological polar surface area (TPSA) is 112 Å². The Bertz CT molecular complexity index is 1440. The van der Waals surface area contributed by atoms with Crippen LogP contribution in [0, 0.1) is 0 Å². The van der Waals surface area contributed by atoms with Crippen LogP contribution in [-0.4, -0.2) is 54.3 Å². The fourth-order valence-corrected chi connectivity index (χ4v) is 6.15. The lowest BCUT2D eigenvalue weighted by atomic mass is 9.75. The number of para-hydroxylation sites is 1. The normalized spacial score (nSPS) is 18.1. The molecule has 0 bridgehead atoms. The first-order chi connectivity index (χ1) is 18.5. The van der Waals surface area contributed by atoms with Gasteiger partial charge in [0.05, 0.1) is 16.9 Å². The third-order valence-electron chi connectivity index (χ3n) is 6.93. The van der Waals surface area contributed by atoms with Crippen LogP contribution < -0.4 is 0 Å². The van der Waals surface area contributed by atoms with Crippen LogP contribution in [0.25, 0.3) is 0 Å². The second kappa shape index (κ2) is 14.0. The zero-order valence-electron chi connectivity index (χ0n) is 22.3. The van der Waals surface area contributed by atoms with E-state index in [0.717, 1.165) is 23.4 Å². The second-order valence-electron chi connectivity index (χ2n) is 9.98. The van der Waals surface area contributed by atoms with Crippen LogP contribution >= 0.6 is 0 Å². The SMILES string of the molecule is CC1(CCCCS(=O)(=O)O)C(/C=C/C=C/C=C/Cc2ccccc2)=[N+](CCCCS(=O)(=O)O)c2ccccc21. The van der Waals surface area contributed by atoms with Crippen molar-refractivity contribution in [1.29, 1.82) is 0 Å². The number of allylic oxidation sites excluding steroid dienone is 6. The second-order valence-corrected chi connectivity index (χ2v) is 13.1. The molecule has 1 atom stereocenters. The number of fused-ring (bicyclic) bond motifs is 1.